The summed E-state index contributed by atoms with van der Waals surface area (Å²) in [5, 5.41) is 4.61. The molecule has 0 fully saturated rings. The highest BCUT2D eigenvalue weighted by molar-refractivity contribution is 5.80. The smallest absolute Gasteiger partial charge is 0.336 e. The minimum absolute atomic E-state index is 0.160. The molecule has 0 saturated carbocycles. The second-order valence-corrected chi connectivity index (χ2v) is 6.22. The number of fused-ring (bicyclic) bond motifs is 2. The molecule has 0 saturated heterocycles. The molecule has 4 aromatic rings. The number of rotatable bonds is 5. The summed E-state index contributed by atoms with van der Waals surface area (Å²) < 4.78 is 16.4. The lowest BCUT2D eigenvalue weighted by atomic mass is 10.2. The second-order valence-electron chi connectivity index (χ2n) is 6.22. The van der Waals surface area contributed by atoms with Crippen LogP contribution in [0, 0.1) is 0 Å². The third-order valence-electron chi connectivity index (χ3n) is 4.21. The summed E-state index contributed by atoms with van der Waals surface area (Å²) in [6.45, 7) is 1.69. The number of nitrogens with one attached hydrogen (secondary N) is 1. The zero-order chi connectivity index (χ0) is 18.8. The molecule has 0 spiro atoms. The molecule has 1 amide bonds. The highest BCUT2D eigenvalue weighted by Gasteiger charge is 2.14. The normalized spacial score (nSPS) is 12.2. The molecular weight excluding hydrogens is 346 g/mol. The standard InChI is InChI=1S/C21H17NO5/c1-13(18-10-15-4-2-3-5-17(15)26-18)22-20(23)12-25-16-8-6-14-7-9-21(24)27-19(14)11-16/h2-11,13H,12H2,1H3,(H,22,23)/t13-/m1/s1. The number of para-hydroxylation sites is 1. The first-order chi connectivity index (χ1) is 13.1. The monoisotopic (exact) mass is 363 g/mol. The summed E-state index contributed by atoms with van der Waals surface area (Å²) in [7, 11) is 0. The van der Waals surface area contributed by atoms with Crippen LogP contribution in [0.25, 0.3) is 21.9 Å². The van der Waals surface area contributed by atoms with Crippen LogP contribution in [0.5, 0.6) is 5.75 Å². The fourth-order valence-corrected chi connectivity index (χ4v) is 2.85. The van der Waals surface area contributed by atoms with Gasteiger partial charge in [-0.2, -0.15) is 0 Å². The Labute approximate surface area is 154 Å². The molecule has 2 aromatic carbocycles. The molecule has 0 aliphatic carbocycles. The molecule has 0 unspecified atom stereocenters. The van der Waals surface area contributed by atoms with E-state index >= 15 is 0 Å². The molecule has 2 aromatic heterocycles. The average molecular weight is 363 g/mol. The maximum absolute atomic E-state index is 12.2. The Hall–Kier alpha value is -3.54. The third-order valence-corrected chi connectivity index (χ3v) is 4.21. The van der Waals surface area contributed by atoms with Gasteiger partial charge < -0.3 is 18.9 Å². The molecule has 0 aliphatic rings. The Kier molecular flexibility index (Phi) is 4.38. The SMILES string of the molecule is C[C@@H](NC(=O)COc1ccc2ccc(=O)oc2c1)c1cc2ccccc2o1. The predicted octanol–water partition coefficient (Wildman–Crippen LogP) is 3.80. The quantitative estimate of drug-likeness (QED) is 0.546. The van der Waals surface area contributed by atoms with E-state index in [9.17, 15) is 9.59 Å². The van der Waals surface area contributed by atoms with Gasteiger partial charge in [0.15, 0.2) is 6.61 Å². The largest absolute Gasteiger partial charge is 0.484 e. The third kappa shape index (κ3) is 3.69. The van der Waals surface area contributed by atoms with Crippen LogP contribution in [-0.2, 0) is 4.79 Å². The van der Waals surface area contributed by atoms with Crippen molar-refractivity contribution in [3.8, 4) is 5.75 Å². The average Bonchev–Trinajstić information content (AvgIpc) is 3.10. The second kappa shape index (κ2) is 6.99. The van der Waals surface area contributed by atoms with Gasteiger partial charge in [-0.15, -0.1) is 0 Å². The first-order valence-electron chi connectivity index (χ1n) is 8.53. The Morgan fingerprint density at radius 1 is 1.00 bits per heavy atom. The summed E-state index contributed by atoms with van der Waals surface area (Å²) in [5.41, 5.74) is 0.760. The van der Waals surface area contributed by atoms with Crippen molar-refractivity contribution in [3.63, 3.8) is 0 Å². The maximum Gasteiger partial charge on any atom is 0.336 e. The lowest BCUT2D eigenvalue weighted by Crippen LogP contribution is -2.31. The van der Waals surface area contributed by atoms with Gasteiger partial charge >= 0.3 is 5.63 Å². The number of carbonyl (C=O) groups is 1. The van der Waals surface area contributed by atoms with Crippen LogP contribution >= 0.6 is 0 Å². The van der Waals surface area contributed by atoms with E-state index in [0.717, 1.165) is 16.4 Å². The first kappa shape index (κ1) is 16.9. The Balaban J connectivity index is 1.39. The molecule has 4 rings (SSSR count). The lowest BCUT2D eigenvalue weighted by Gasteiger charge is -2.12. The number of ether oxygens (including phenoxy) is 1. The topological polar surface area (TPSA) is 81.7 Å². The van der Waals surface area contributed by atoms with Crippen molar-refractivity contribution < 1.29 is 18.4 Å². The Morgan fingerprint density at radius 2 is 1.81 bits per heavy atom. The minimum atomic E-state index is -0.433. The molecule has 0 aliphatic heterocycles. The van der Waals surface area contributed by atoms with E-state index in [-0.39, 0.29) is 18.6 Å². The maximum atomic E-state index is 12.2. The van der Waals surface area contributed by atoms with Crippen molar-refractivity contribution in [3.05, 3.63) is 76.8 Å². The van der Waals surface area contributed by atoms with E-state index in [4.69, 9.17) is 13.6 Å². The van der Waals surface area contributed by atoms with Gasteiger partial charge in [0.05, 0.1) is 6.04 Å². The zero-order valence-electron chi connectivity index (χ0n) is 14.6. The molecule has 136 valence electrons. The van der Waals surface area contributed by atoms with Crippen molar-refractivity contribution in [2.75, 3.05) is 6.61 Å². The van der Waals surface area contributed by atoms with E-state index < -0.39 is 5.63 Å². The summed E-state index contributed by atoms with van der Waals surface area (Å²) in [6, 6.07) is 17.4. The van der Waals surface area contributed by atoms with E-state index in [0.29, 0.717) is 17.1 Å². The van der Waals surface area contributed by atoms with Crippen LogP contribution in [0.15, 0.2) is 74.3 Å². The number of carbonyl (C=O) groups excluding carboxylic acids is 1. The number of furan rings is 1. The number of benzene rings is 2. The molecule has 0 radical (unpaired) electrons. The van der Waals surface area contributed by atoms with Crippen molar-refractivity contribution in [2.24, 2.45) is 0 Å². The van der Waals surface area contributed by atoms with Gasteiger partial charge in [-0.05, 0) is 37.3 Å². The van der Waals surface area contributed by atoms with Crippen LogP contribution in [0.3, 0.4) is 0 Å². The van der Waals surface area contributed by atoms with Crippen LogP contribution in [0.2, 0.25) is 0 Å². The molecule has 1 atom stereocenters. The molecule has 0 bridgehead atoms. The van der Waals surface area contributed by atoms with Gasteiger partial charge in [0.1, 0.15) is 22.7 Å². The van der Waals surface area contributed by atoms with Crippen LogP contribution in [0.1, 0.15) is 18.7 Å². The fraction of sp³-hybridized carbons (Fsp3) is 0.143. The van der Waals surface area contributed by atoms with E-state index in [1.54, 1.807) is 24.3 Å². The van der Waals surface area contributed by atoms with Crippen LogP contribution in [0.4, 0.5) is 0 Å². The molecule has 6 heteroatoms. The van der Waals surface area contributed by atoms with Gasteiger partial charge in [0.25, 0.3) is 5.91 Å². The minimum Gasteiger partial charge on any atom is -0.484 e. The Morgan fingerprint density at radius 3 is 2.67 bits per heavy atom. The van der Waals surface area contributed by atoms with Crippen molar-refractivity contribution in [1.82, 2.24) is 5.32 Å². The lowest BCUT2D eigenvalue weighted by molar-refractivity contribution is -0.123. The fourth-order valence-electron chi connectivity index (χ4n) is 2.85. The summed E-state index contributed by atoms with van der Waals surface area (Å²) in [6.07, 6.45) is 0. The number of hydrogen-bond donors (Lipinski definition) is 1. The Bertz CT molecular complexity index is 1140. The van der Waals surface area contributed by atoms with E-state index in [1.165, 1.54) is 6.07 Å². The van der Waals surface area contributed by atoms with Gasteiger partial charge in [-0.3, -0.25) is 4.79 Å². The van der Waals surface area contributed by atoms with Crippen molar-refractivity contribution in [2.45, 2.75) is 13.0 Å². The molecule has 27 heavy (non-hydrogen) atoms. The molecule has 2 heterocycles. The molecule has 6 nitrogen and oxygen atoms in total. The van der Waals surface area contributed by atoms with Crippen LogP contribution in [-0.4, -0.2) is 12.5 Å². The highest BCUT2D eigenvalue weighted by Crippen LogP contribution is 2.23. The number of hydrogen-bond acceptors (Lipinski definition) is 5. The van der Waals surface area contributed by atoms with E-state index in [1.807, 2.05) is 37.3 Å². The highest BCUT2D eigenvalue weighted by atomic mass is 16.5. The zero-order valence-corrected chi connectivity index (χ0v) is 14.6. The van der Waals surface area contributed by atoms with Crippen molar-refractivity contribution in [1.29, 1.82) is 0 Å². The van der Waals surface area contributed by atoms with Crippen LogP contribution < -0.4 is 15.7 Å². The summed E-state index contributed by atoms with van der Waals surface area (Å²) in [4.78, 5) is 23.5. The van der Waals surface area contributed by atoms with Gasteiger partial charge in [-0.25, -0.2) is 4.79 Å². The molecule has 1 N–H and O–H groups in total. The summed E-state index contributed by atoms with van der Waals surface area (Å²) >= 11 is 0. The van der Waals surface area contributed by atoms with E-state index in [2.05, 4.69) is 5.32 Å². The molecular formula is C21H17NO5. The predicted molar refractivity (Wildman–Crippen MR) is 101 cm³/mol. The van der Waals surface area contributed by atoms with Gasteiger partial charge in [0.2, 0.25) is 0 Å². The van der Waals surface area contributed by atoms with Gasteiger partial charge in [0, 0.05) is 22.9 Å². The van der Waals surface area contributed by atoms with Gasteiger partial charge in [-0.1, -0.05) is 18.2 Å². The number of amides is 1. The summed E-state index contributed by atoms with van der Waals surface area (Å²) in [5.74, 6) is 0.845. The first-order valence-corrected chi connectivity index (χ1v) is 8.53. The van der Waals surface area contributed by atoms with Crippen molar-refractivity contribution >= 4 is 27.8 Å².